The summed E-state index contributed by atoms with van der Waals surface area (Å²) in [5.74, 6) is -0.684. The van der Waals surface area contributed by atoms with Crippen LogP contribution in [0.25, 0.3) is 22.3 Å². The molecule has 10 atom stereocenters. The molecule has 0 bridgehead atoms. The molecule has 9 N–H and O–H groups in total. The fourth-order valence-corrected chi connectivity index (χ4v) is 4.65. The van der Waals surface area contributed by atoms with E-state index in [1.165, 1.54) is 43.3 Å². The van der Waals surface area contributed by atoms with Crippen molar-refractivity contribution in [3.63, 3.8) is 0 Å². The topological polar surface area (TPSA) is 230 Å². The quantitative estimate of drug-likeness (QED) is 0.128. The first kappa shape index (κ1) is 29.2. The molecule has 3 heterocycles. The van der Waals surface area contributed by atoms with E-state index in [2.05, 4.69) is 0 Å². The molecular weight excluding hydrogens is 548 g/mol. The van der Waals surface area contributed by atoms with Gasteiger partial charge in [0.2, 0.25) is 18.3 Å². The molecule has 5 rings (SSSR count). The summed E-state index contributed by atoms with van der Waals surface area (Å²) in [6, 6.07) is 9.86. The molecule has 1 aromatic heterocycles. The van der Waals surface area contributed by atoms with Gasteiger partial charge in [0.15, 0.2) is 11.5 Å². The minimum absolute atomic E-state index is 0.0156. The van der Waals surface area contributed by atoms with Crippen LogP contribution in [-0.2, 0) is 9.47 Å². The predicted molar refractivity (Wildman–Crippen MR) is 137 cm³/mol. The fourth-order valence-electron chi connectivity index (χ4n) is 4.65. The van der Waals surface area contributed by atoms with E-state index in [-0.39, 0.29) is 34.2 Å². The molecular formula is C27H31O14+. The zero-order chi connectivity index (χ0) is 29.6. The summed E-state index contributed by atoms with van der Waals surface area (Å²) in [5.41, 5.74) is 0.451. The van der Waals surface area contributed by atoms with Gasteiger partial charge in [0.1, 0.15) is 48.5 Å². The largest absolute Gasteiger partial charge is 0.504 e. The van der Waals surface area contributed by atoms with Crippen molar-refractivity contribution in [2.45, 2.75) is 68.3 Å². The third-order valence-corrected chi connectivity index (χ3v) is 7.10. The van der Waals surface area contributed by atoms with Crippen molar-refractivity contribution in [1.29, 1.82) is 0 Å². The number of phenols is 2. The molecule has 0 saturated carbocycles. The van der Waals surface area contributed by atoms with Crippen LogP contribution in [0, 0.1) is 0 Å². The Morgan fingerprint density at radius 3 is 2.10 bits per heavy atom. The van der Waals surface area contributed by atoms with E-state index < -0.39 is 73.8 Å². The molecule has 0 amide bonds. The van der Waals surface area contributed by atoms with Crippen LogP contribution in [0.15, 0.2) is 46.9 Å². The highest BCUT2D eigenvalue weighted by atomic mass is 16.7. The SMILES string of the molecule is C[C@@H]1O[C@@H](Oc2cc3ccc(O[C@@H]4O[C@H](CO)[C@@H](O)[C@H](O)[C@H]4O)cc3[o+]c2-c2ccc(O)c(O)c2)[C@H](O)[C@H](O)[C@H]1O. The molecule has 41 heavy (non-hydrogen) atoms. The highest BCUT2D eigenvalue weighted by Gasteiger charge is 2.46. The summed E-state index contributed by atoms with van der Waals surface area (Å²) < 4.78 is 28.6. The zero-order valence-corrected chi connectivity index (χ0v) is 21.6. The van der Waals surface area contributed by atoms with Crippen LogP contribution in [0.1, 0.15) is 6.92 Å². The molecule has 2 aliphatic rings. The molecule has 0 aliphatic carbocycles. The van der Waals surface area contributed by atoms with Crippen molar-refractivity contribution >= 4 is 11.0 Å². The number of benzene rings is 2. The Balaban J connectivity index is 1.51. The summed E-state index contributed by atoms with van der Waals surface area (Å²) >= 11 is 0. The van der Waals surface area contributed by atoms with Crippen molar-refractivity contribution in [2.75, 3.05) is 6.61 Å². The zero-order valence-electron chi connectivity index (χ0n) is 21.6. The van der Waals surface area contributed by atoms with Gasteiger partial charge in [-0.1, -0.05) is 0 Å². The van der Waals surface area contributed by atoms with Gasteiger partial charge in [-0.2, -0.15) is 0 Å². The molecule has 2 aliphatic heterocycles. The highest BCUT2D eigenvalue weighted by Crippen LogP contribution is 2.40. The van der Waals surface area contributed by atoms with E-state index in [4.69, 9.17) is 23.4 Å². The standard InChI is InChI=1S/C27H30O14/c1-10-19(31)21(33)23(35)26(37-10)40-17-7-11-2-4-13(38-27-24(36)22(34)20(32)18(9-28)41-27)8-16(11)39-25(17)12-3-5-14(29)15(30)6-12/h2-8,10,18-24,26-28,31-36H,9H2,1H3,(H-,29,30)/p+1/t10-,18+,19-,20+,21+,22-,23+,24+,26-,27+/m0/s1. The van der Waals surface area contributed by atoms with Crippen LogP contribution in [0.4, 0.5) is 0 Å². The molecule has 2 saturated heterocycles. The molecule has 0 unspecified atom stereocenters. The van der Waals surface area contributed by atoms with E-state index in [0.717, 1.165) is 0 Å². The number of ether oxygens (including phenoxy) is 4. The maximum Gasteiger partial charge on any atom is 0.402 e. The van der Waals surface area contributed by atoms with Gasteiger partial charge in [0, 0.05) is 12.1 Å². The van der Waals surface area contributed by atoms with Crippen molar-refractivity contribution in [2.24, 2.45) is 0 Å². The number of phenolic OH excluding ortho intramolecular Hbond substituents is 2. The van der Waals surface area contributed by atoms with Gasteiger partial charge in [-0.25, -0.2) is 4.42 Å². The molecule has 222 valence electrons. The van der Waals surface area contributed by atoms with Gasteiger partial charge < -0.3 is 64.9 Å². The van der Waals surface area contributed by atoms with Gasteiger partial charge in [0.25, 0.3) is 0 Å². The molecule has 2 aromatic carbocycles. The van der Waals surface area contributed by atoms with Crippen molar-refractivity contribution in [1.82, 2.24) is 0 Å². The lowest BCUT2D eigenvalue weighted by atomic mass is 9.99. The van der Waals surface area contributed by atoms with Crippen molar-refractivity contribution < 1.29 is 69.3 Å². The fraction of sp³-hybridized carbons (Fsp3) is 0.444. The van der Waals surface area contributed by atoms with Crippen LogP contribution in [0.3, 0.4) is 0 Å². The van der Waals surface area contributed by atoms with Crippen LogP contribution in [0.5, 0.6) is 23.0 Å². The number of aromatic hydroxyl groups is 2. The van der Waals surface area contributed by atoms with E-state index in [0.29, 0.717) is 5.39 Å². The summed E-state index contributed by atoms with van der Waals surface area (Å²) in [7, 11) is 0. The summed E-state index contributed by atoms with van der Waals surface area (Å²) in [5, 5.41) is 90.8. The molecule has 0 radical (unpaired) electrons. The smallest absolute Gasteiger partial charge is 0.402 e. The Hall–Kier alpha value is -3.31. The predicted octanol–water partition coefficient (Wildman–Crippen LogP) is -0.823. The Morgan fingerprint density at radius 1 is 0.732 bits per heavy atom. The first-order valence-corrected chi connectivity index (χ1v) is 12.7. The minimum atomic E-state index is -1.63. The molecule has 14 heteroatoms. The number of fused-ring (bicyclic) bond motifs is 1. The summed E-state index contributed by atoms with van der Waals surface area (Å²) in [4.78, 5) is 0. The second kappa shape index (κ2) is 11.5. The van der Waals surface area contributed by atoms with Crippen molar-refractivity contribution in [3.05, 3.63) is 42.5 Å². The third-order valence-electron chi connectivity index (χ3n) is 7.10. The number of aliphatic hydroxyl groups excluding tert-OH is 7. The second-order valence-corrected chi connectivity index (χ2v) is 9.96. The summed E-state index contributed by atoms with van der Waals surface area (Å²) in [6.07, 6.45) is -14.2. The lowest BCUT2D eigenvalue weighted by molar-refractivity contribution is -0.277. The van der Waals surface area contributed by atoms with Gasteiger partial charge in [-0.3, -0.25) is 0 Å². The Kier molecular flexibility index (Phi) is 8.20. The average molecular weight is 580 g/mol. The van der Waals surface area contributed by atoms with Gasteiger partial charge in [0.05, 0.1) is 29.7 Å². The first-order valence-electron chi connectivity index (χ1n) is 12.7. The van der Waals surface area contributed by atoms with Gasteiger partial charge in [-0.15, -0.1) is 0 Å². The van der Waals surface area contributed by atoms with Gasteiger partial charge in [-0.05, 0) is 31.2 Å². The Bertz CT molecular complexity index is 1380. The lowest BCUT2D eigenvalue weighted by Crippen LogP contribution is -2.60. The molecule has 14 nitrogen and oxygen atoms in total. The number of rotatable bonds is 6. The minimum Gasteiger partial charge on any atom is -0.504 e. The maximum atomic E-state index is 10.5. The monoisotopic (exact) mass is 579 g/mol. The van der Waals surface area contributed by atoms with Crippen LogP contribution in [0.2, 0.25) is 0 Å². The van der Waals surface area contributed by atoms with E-state index in [9.17, 15) is 46.0 Å². The van der Waals surface area contributed by atoms with E-state index >= 15 is 0 Å². The Morgan fingerprint density at radius 2 is 1.41 bits per heavy atom. The number of aliphatic hydroxyl groups is 7. The van der Waals surface area contributed by atoms with Crippen LogP contribution < -0.4 is 9.47 Å². The van der Waals surface area contributed by atoms with Crippen LogP contribution in [-0.4, -0.2) is 114 Å². The lowest BCUT2D eigenvalue weighted by Gasteiger charge is -2.39. The highest BCUT2D eigenvalue weighted by molar-refractivity contribution is 5.83. The Labute approximate surface area is 232 Å². The number of hydrogen-bond acceptors (Lipinski definition) is 13. The molecule has 3 aromatic rings. The van der Waals surface area contributed by atoms with Crippen LogP contribution >= 0.6 is 0 Å². The second-order valence-electron chi connectivity index (χ2n) is 9.96. The maximum absolute atomic E-state index is 10.5. The van der Waals surface area contributed by atoms with E-state index in [1.807, 2.05) is 0 Å². The third kappa shape index (κ3) is 5.61. The first-order chi connectivity index (χ1) is 19.5. The van der Waals surface area contributed by atoms with Gasteiger partial charge >= 0.3 is 11.3 Å². The number of hydrogen-bond donors (Lipinski definition) is 9. The van der Waals surface area contributed by atoms with Crippen molar-refractivity contribution in [3.8, 4) is 34.3 Å². The average Bonchev–Trinajstić information content (AvgIpc) is 2.96. The normalized spacial score (nSPS) is 34.0. The summed E-state index contributed by atoms with van der Waals surface area (Å²) in [6.45, 7) is 0.869. The molecule has 2 fully saturated rings. The molecule has 0 spiro atoms. The van der Waals surface area contributed by atoms with E-state index in [1.54, 1.807) is 6.07 Å².